The van der Waals surface area contributed by atoms with Crippen LogP contribution < -0.4 is 5.32 Å². The summed E-state index contributed by atoms with van der Waals surface area (Å²) in [6, 6.07) is 2.05. The van der Waals surface area contributed by atoms with Gasteiger partial charge in [-0.1, -0.05) is 0 Å². The molecule has 0 aliphatic rings. The van der Waals surface area contributed by atoms with Crippen molar-refractivity contribution in [3.63, 3.8) is 0 Å². The molecule has 0 bridgehead atoms. The molecule has 68 valence electrons. The summed E-state index contributed by atoms with van der Waals surface area (Å²) >= 11 is 0. The van der Waals surface area contributed by atoms with E-state index in [1.54, 1.807) is 6.26 Å². The van der Waals surface area contributed by atoms with Crippen LogP contribution in [0.5, 0.6) is 0 Å². The van der Waals surface area contributed by atoms with Crippen molar-refractivity contribution in [1.29, 1.82) is 0 Å². The van der Waals surface area contributed by atoms with Crippen molar-refractivity contribution < 1.29 is 4.42 Å². The number of nitrogens with one attached hydrogen (secondary N) is 1. The highest BCUT2D eigenvalue weighted by Crippen LogP contribution is 2.07. The molecule has 2 heteroatoms. The van der Waals surface area contributed by atoms with Crippen LogP contribution in [0.2, 0.25) is 0 Å². The molecule has 0 aliphatic carbocycles. The van der Waals surface area contributed by atoms with Gasteiger partial charge in [0.05, 0.1) is 12.8 Å². The molecule has 0 saturated carbocycles. The van der Waals surface area contributed by atoms with E-state index < -0.39 is 0 Å². The zero-order valence-electron chi connectivity index (χ0n) is 8.27. The number of aryl methyl sites for hydroxylation is 1. The van der Waals surface area contributed by atoms with Gasteiger partial charge in [-0.2, -0.15) is 0 Å². The zero-order chi connectivity index (χ0) is 9.19. The Labute approximate surface area is 74.0 Å². The molecule has 0 atom stereocenters. The van der Waals surface area contributed by atoms with E-state index in [-0.39, 0.29) is 5.54 Å². The molecule has 1 aromatic rings. The summed E-state index contributed by atoms with van der Waals surface area (Å²) in [6.07, 6.45) is 1.78. The van der Waals surface area contributed by atoms with Crippen LogP contribution in [0, 0.1) is 6.92 Å². The Balaban J connectivity index is 2.44. The molecule has 2 nitrogen and oxygen atoms in total. The van der Waals surface area contributed by atoms with Crippen LogP contribution in [0.3, 0.4) is 0 Å². The maximum absolute atomic E-state index is 5.30. The molecule has 1 aromatic heterocycles. The van der Waals surface area contributed by atoms with Gasteiger partial charge in [0.15, 0.2) is 0 Å². The highest BCUT2D eigenvalue weighted by molar-refractivity contribution is 5.10. The number of furan rings is 1. The summed E-state index contributed by atoms with van der Waals surface area (Å²) in [6.45, 7) is 9.26. The first-order valence-corrected chi connectivity index (χ1v) is 4.26. The average molecular weight is 167 g/mol. The van der Waals surface area contributed by atoms with Gasteiger partial charge in [-0.3, -0.25) is 0 Å². The van der Waals surface area contributed by atoms with Gasteiger partial charge in [-0.05, 0) is 39.3 Å². The normalized spacial score (nSPS) is 12.0. The zero-order valence-corrected chi connectivity index (χ0v) is 8.27. The fourth-order valence-electron chi connectivity index (χ4n) is 0.936. The van der Waals surface area contributed by atoms with Crippen molar-refractivity contribution in [2.24, 2.45) is 0 Å². The summed E-state index contributed by atoms with van der Waals surface area (Å²) in [5, 5.41) is 3.36. The maximum atomic E-state index is 5.30. The van der Waals surface area contributed by atoms with Crippen LogP contribution in [0.1, 0.15) is 32.1 Å². The second-order valence-corrected chi connectivity index (χ2v) is 4.19. The first kappa shape index (κ1) is 9.33. The number of rotatable bonds is 2. The smallest absolute Gasteiger partial charge is 0.117 e. The van der Waals surface area contributed by atoms with E-state index in [0.717, 1.165) is 12.3 Å². The molecule has 1 rings (SSSR count). The Kier molecular flexibility index (Phi) is 2.58. The number of hydrogen-bond acceptors (Lipinski definition) is 2. The lowest BCUT2D eigenvalue weighted by atomic mass is 10.1. The van der Waals surface area contributed by atoms with Gasteiger partial charge in [0.2, 0.25) is 0 Å². The lowest BCUT2D eigenvalue weighted by Crippen LogP contribution is -2.34. The average Bonchev–Trinajstić information content (AvgIpc) is 2.30. The van der Waals surface area contributed by atoms with Crippen LogP contribution in [-0.2, 0) is 6.54 Å². The number of hydrogen-bond donors (Lipinski definition) is 1. The predicted octanol–water partition coefficient (Wildman–Crippen LogP) is 2.48. The van der Waals surface area contributed by atoms with Gasteiger partial charge >= 0.3 is 0 Å². The van der Waals surface area contributed by atoms with E-state index in [9.17, 15) is 0 Å². The third-order valence-electron chi connectivity index (χ3n) is 1.58. The molecule has 0 aromatic carbocycles. The minimum absolute atomic E-state index is 0.153. The highest BCUT2D eigenvalue weighted by atomic mass is 16.3. The topological polar surface area (TPSA) is 25.2 Å². The summed E-state index contributed by atoms with van der Waals surface area (Å²) in [5.41, 5.74) is 1.33. The third kappa shape index (κ3) is 3.09. The largest absolute Gasteiger partial charge is 0.468 e. The van der Waals surface area contributed by atoms with E-state index in [2.05, 4.69) is 32.2 Å². The molecule has 0 amide bonds. The fraction of sp³-hybridized carbons (Fsp3) is 0.600. The predicted molar refractivity (Wildman–Crippen MR) is 50.0 cm³/mol. The molecular weight excluding hydrogens is 150 g/mol. The van der Waals surface area contributed by atoms with Crippen molar-refractivity contribution in [2.45, 2.75) is 39.8 Å². The van der Waals surface area contributed by atoms with Gasteiger partial charge in [-0.15, -0.1) is 0 Å². The summed E-state index contributed by atoms with van der Waals surface area (Å²) < 4.78 is 5.30. The van der Waals surface area contributed by atoms with E-state index in [4.69, 9.17) is 4.42 Å². The third-order valence-corrected chi connectivity index (χ3v) is 1.58. The van der Waals surface area contributed by atoms with E-state index in [1.165, 1.54) is 5.56 Å². The standard InChI is InChI=1S/C10H17NO/c1-8-5-9(12-7-8)6-11-10(2,3)4/h5,7,11H,6H2,1-4H3. The minimum Gasteiger partial charge on any atom is -0.468 e. The summed E-state index contributed by atoms with van der Waals surface area (Å²) in [4.78, 5) is 0. The van der Waals surface area contributed by atoms with Gasteiger partial charge in [0, 0.05) is 5.54 Å². The van der Waals surface area contributed by atoms with Crippen LogP contribution in [0.4, 0.5) is 0 Å². The Hall–Kier alpha value is -0.760. The molecular formula is C10H17NO. The van der Waals surface area contributed by atoms with Crippen LogP contribution in [-0.4, -0.2) is 5.54 Å². The van der Waals surface area contributed by atoms with Crippen molar-refractivity contribution in [3.8, 4) is 0 Å². The Morgan fingerprint density at radius 2 is 2.08 bits per heavy atom. The van der Waals surface area contributed by atoms with E-state index in [1.807, 2.05) is 6.92 Å². The maximum Gasteiger partial charge on any atom is 0.117 e. The molecule has 0 radical (unpaired) electrons. The van der Waals surface area contributed by atoms with Crippen molar-refractivity contribution in [1.82, 2.24) is 5.32 Å². The second kappa shape index (κ2) is 3.31. The molecule has 0 unspecified atom stereocenters. The molecule has 0 spiro atoms. The van der Waals surface area contributed by atoms with Gasteiger partial charge in [-0.25, -0.2) is 0 Å². The second-order valence-electron chi connectivity index (χ2n) is 4.19. The highest BCUT2D eigenvalue weighted by Gasteiger charge is 2.09. The van der Waals surface area contributed by atoms with E-state index in [0.29, 0.717) is 0 Å². The van der Waals surface area contributed by atoms with Crippen LogP contribution in [0.25, 0.3) is 0 Å². The molecule has 0 aliphatic heterocycles. The minimum atomic E-state index is 0.153. The molecule has 1 N–H and O–H groups in total. The Morgan fingerprint density at radius 1 is 1.42 bits per heavy atom. The Morgan fingerprint density at radius 3 is 2.50 bits per heavy atom. The quantitative estimate of drug-likeness (QED) is 0.732. The van der Waals surface area contributed by atoms with Crippen LogP contribution >= 0.6 is 0 Å². The van der Waals surface area contributed by atoms with Gasteiger partial charge < -0.3 is 9.73 Å². The fourth-order valence-corrected chi connectivity index (χ4v) is 0.936. The monoisotopic (exact) mass is 167 g/mol. The van der Waals surface area contributed by atoms with E-state index >= 15 is 0 Å². The first-order chi connectivity index (χ1) is 5.47. The van der Waals surface area contributed by atoms with Gasteiger partial charge in [0.1, 0.15) is 5.76 Å². The summed E-state index contributed by atoms with van der Waals surface area (Å²) in [7, 11) is 0. The SMILES string of the molecule is Cc1coc(CNC(C)(C)C)c1. The molecule has 12 heavy (non-hydrogen) atoms. The molecule has 1 heterocycles. The van der Waals surface area contributed by atoms with Crippen LogP contribution in [0.15, 0.2) is 16.7 Å². The van der Waals surface area contributed by atoms with Crippen molar-refractivity contribution in [2.75, 3.05) is 0 Å². The van der Waals surface area contributed by atoms with Gasteiger partial charge in [0.25, 0.3) is 0 Å². The molecule has 0 fully saturated rings. The van der Waals surface area contributed by atoms with Crippen molar-refractivity contribution in [3.05, 3.63) is 23.7 Å². The lowest BCUT2D eigenvalue weighted by Gasteiger charge is -2.19. The van der Waals surface area contributed by atoms with Crippen molar-refractivity contribution >= 4 is 0 Å². The first-order valence-electron chi connectivity index (χ1n) is 4.26. The lowest BCUT2D eigenvalue weighted by molar-refractivity contribution is 0.388. The summed E-state index contributed by atoms with van der Waals surface area (Å²) in [5.74, 6) is 1.00. The molecule has 0 saturated heterocycles. The Bertz CT molecular complexity index is 245.